The zero-order chi connectivity index (χ0) is 14.8. The molecule has 0 unspecified atom stereocenters. The summed E-state index contributed by atoms with van der Waals surface area (Å²) in [4.78, 5) is 12.3. The van der Waals surface area contributed by atoms with Gasteiger partial charge in [-0.2, -0.15) is 18.0 Å². The van der Waals surface area contributed by atoms with E-state index in [1.165, 1.54) is 19.1 Å². The molecule has 1 aromatic carbocycles. The van der Waals surface area contributed by atoms with Gasteiger partial charge in [-0.3, -0.25) is 0 Å². The minimum Gasteiger partial charge on any atom is -0.461 e. The maximum absolute atomic E-state index is 12.9. The fourth-order valence-electron chi connectivity index (χ4n) is 1.51. The molecule has 20 heavy (non-hydrogen) atoms. The lowest BCUT2D eigenvalue weighted by Crippen LogP contribution is -2.15. The number of halogens is 3. The molecule has 0 amide bonds. The Labute approximate surface area is 112 Å². The third-order valence-electron chi connectivity index (χ3n) is 2.34. The normalized spacial score (nSPS) is 11.4. The van der Waals surface area contributed by atoms with Crippen LogP contribution in [0.2, 0.25) is 0 Å². The summed E-state index contributed by atoms with van der Waals surface area (Å²) in [6.45, 7) is 1.45. The molecule has 0 radical (unpaired) electrons. The van der Waals surface area contributed by atoms with Gasteiger partial charge in [-0.05, 0) is 19.1 Å². The van der Waals surface area contributed by atoms with Crippen molar-refractivity contribution in [2.24, 2.45) is 0 Å². The van der Waals surface area contributed by atoms with E-state index in [2.05, 4.69) is 14.9 Å². The predicted octanol–water partition coefficient (Wildman–Crippen LogP) is 2.46. The Hall–Kier alpha value is -2.38. The minimum absolute atomic E-state index is 0.0473. The molecular weight excluding hydrogens is 275 g/mol. The van der Waals surface area contributed by atoms with Crippen LogP contribution in [-0.4, -0.2) is 27.6 Å². The van der Waals surface area contributed by atoms with Crippen molar-refractivity contribution < 1.29 is 22.7 Å². The number of nitrogens with zero attached hydrogens (tertiary/aromatic N) is 3. The van der Waals surface area contributed by atoms with Crippen molar-refractivity contribution >= 4 is 5.97 Å². The van der Waals surface area contributed by atoms with Crippen LogP contribution in [0.3, 0.4) is 0 Å². The molecule has 0 aliphatic heterocycles. The molecule has 0 bridgehead atoms. The number of aromatic nitrogens is 3. The molecule has 0 fully saturated rings. The molecule has 0 spiro atoms. The standard InChI is InChI=1S/C12H10F3N3O2/c1-2-20-11(19)9-10(12(13,14)15)17-18(16-9)8-6-4-3-5-7-8/h3-7H,2H2,1H3. The van der Waals surface area contributed by atoms with Crippen LogP contribution in [0.25, 0.3) is 5.69 Å². The number of para-hydroxylation sites is 1. The van der Waals surface area contributed by atoms with Crippen molar-refractivity contribution in [2.75, 3.05) is 6.61 Å². The van der Waals surface area contributed by atoms with Crippen molar-refractivity contribution in [3.63, 3.8) is 0 Å². The van der Waals surface area contributed by atoms with E-state index < -0.39 is 23.5 Å². The number of alkyl halides is 3. The number of ether oxygens (including phenoxy) is 1. The number of hydrogen-bond donors (Lipinski definition) is 0. The molecule has 2 rings (SSSR count). The smallest absolute Gasteiger partial charge is 0.437 e. The first-order valence-corrected chi connectivity index (χ1v) is 5.70. The maximum Gasteiger partial charge on any atom is 0.437 e. The molecule has 0 N–H and O–H groups in total. The molecule has 0 aliphatic rings. The number of rotatable bonds is 3. The minimum atomic E-state index is -4.78. The summed E-state index contributed by atoms with van der Waals surface area (Å²) >= 11 is 0. The predicted molar refractivity (Wildman–Crippen MR) is 62.3 cm³/mol. The van der Waals surface area contributed by atoms with Crippen LogP contribution in [0, 0.1) is 0 Å². The molecule has 1 aromatic heterocycles. The lowest BCUT2D eigenvalue weighted by Gasteiger charge is -2.03. The summed E-state index contributed by atoms with van der Waals surface area (Å²) in [7, 11) is 0. The lowest BCUT2D eigenvalue weighted by molar-refractivity contribution is -0.141. The number of carbonyl (C=O) groups is 1. The van der Waals surface area contributed by atoms with E-state index in [-0.39, 0.29) is 6.61 Å². The number of benzene rings is 1. The highest BCUT2D eigenvalue weighted by Crippen LogP contribution is 2.30. The summed E-state index contributed by atoms with van der Waals surface area (Å²) in [6.07, 6.45) is -4.78. The van der Waals surface area contributed by atoms with Crippen LogP contribution < -0.4 is 0 Å². The van der Waals surface area contributed by atoms with E-state index in [1.54, 1.807) is 18.2 Å². The molecular formula is C12H10F3N3O2. The van der Waals surface area contributed by atoms with Crippen LogP contribution in [0.5, 0.6) is 0 Å². The molecule has 5 nitrogen and oxygen atoms in total. The first-order valence-electron chi connectivity index (χ1n) is 5.70. The Kier molecular flexibility index (Phi) is 3.73. The van der Waals surface area contributed by atoms with Gasteiger partial charge in [0.2, 0.25) is 11.4 Å². The molecule has 2 aromatic rings. The Morgan fingerprint density at radius 2 is 1.90 bits per heavy atom. The van der Waals surface area contributed by atoms with Gasteiger partial charge in [0.25, 0.3) is 0 Å². The Balaban J connectivity index is 2.50. The van der Waals surface area contributed by atoms with Crippen LogP contribution in [0.4, 0.5) is 13.2 Å². The highest BCUT2D eigenvalue weighted by molar-refractivity contribution is 5.88. The van der Waals surface area contributed by atoms with Crippen molar-refractivity contribution in [1.82, 2.24) is 15.0 Å². The highest BCUT2D eigenvalue weighted by Gasteiger charge is 2.41. The third-order valence-corrected chi connectivity index (χ3v) is 2.34. The Morgan fingerprint density at radius 3 is 2.45 bits per heavy atom. The largest absolute Gasteiger partial charge is 0.461 e. The summed E-state index contributed by atoms with van der Waals surface area (Å²) in [5.41, 5.74) is -1.89. The summed E-state index contributed by atoms with van der Waals surface area (Å²) in [5.74, 6) is -1.15. The maximum atomic E-state index is 12.9. The van der Waals surface area contributed by atoms with Crippen molar-refractivity contribution in [3.05, 3.63) is 41.7 Å². The van der Waals surface area contributed by atoms with Crippen LogP contribution in [-0.2, 0) is 10.9 Å². The van der Waals surface area contributed by atoms with E-state index in [0.29, 0.717) is 5.69 Å². The molecule has 106 valence electrons. The lowest BCUT2D eigenvalue weighted by atomic mass is 10.3. The van der Waals surface area contributed by atoms with Gasteiger partial charge in [-0.1, -0.05) is 18.2 Å². The average Bonchev–Trinajstić information content (AvgIpc) is 2.85. The van der Waals surface area contributed by atoms with Gasteiger partial charge in [-0.25, -0.2) is 4.79 Å². The summed E-state index contributed by atoms with van der Waals surface area (Å²) in [5, 5.41) is 6.91. The molecule has 0 saturated heterocycles. The Morgan fingerprint density at radius 1 is 1.25 bits per heavy atom. The van der Waals surface area contributed by atoms with E-state index in [9.17, 15) is 18.0 Å². The van der Waals surface area contributed by atoms with E-state index in [0.717, 1.165) is 4.80 Å². The highest BCUT2D eigenvalue weighted by atomic mass is 19.4. The topological polar surface area (TPSA) is 57.0 Å². The number of carbonyl (C=O) groups excluding carboxylic acids is 1. The second-order valence-electron chi connectivity index (χ2n) is 3.74. The van der Waals surface area contributed by atoms with Gasteiger partial charge in [0.1, 0.15) is 0 Å². The van der Waals surface area contributed by atoms with E-state index in [1.807, 2.05) is 0 Å². The molecule has 1 heterocycles. The van der Waals surface area contributed by atoms with Crippen molar-refractivity contribution in [3.8, 4) is 5.69 Å². The van der Waals surface area contributed by atoms with Crippen LogP contribution in [0.15, 0.2) is 30.3 Å². The van der Waals surface area contributed by atoms with Gasteiger partial charge < -0.3 is 4.74 Å². The van der Waals surface area contributed by atoms with E-state index >= 15 is 0 Å². The summed E-state index contributed by atoms with van der Waals surface area (Å²) in [6, 6.07) is 7.99. The molecule has 0 saturated carbocycles. The molecule has 0 aliphatic carbocycles. The first-order chi connectivity index (χ1) is 9.43. The van der Waals surface area contributed by atoms with Gasteiger partial charge in [-0.15, -0.1) is 10.2 Å². The van der Waals surface area contributed by atoms with Gasteiger partial charge >= 0.3 is 12.1 Å². The molecule has 8 heteroatoms. The first kappa shape index (κ1) is 14.0. The second kappa shape index (κ2) is 5.32. The quantitative estimate of drug-likeness (QED) is 0.813. The van der Waals surface area contributed by atoms with Gasteiger partial charge in [0.15, 0.2) is 0 Å². The van der Waals surface area contributed by atoms with Gasteiger partial charge in [0.05, 0.1) is 12.3 Å². The second-order valence-corrected chi connectivity index (χ2v) is 3.74. The third kappa shape index (κ3) is 2.79. The Bertz CT molecular complexity index is 608. The fraction of sp³-hybridized carbons (Fsp3) is 0.250. The fourth-order valence-corrected chi connectivity index (χ4v) is 1.51. The monoisotopic (exact) mass is 285 g/mol. The SMILES string of the molecule is CCOC(=O)c1nn(-c2ccccc2)nc1C(F)(F)F. The zero-order valence-corrected chi connectivity index (χ0v) is 10.4. The van der Waals surface area contributed by atoms with Crippen LogP contribution in [0.1, 0.15) is 23.1 Å². The molecule has 0 atom stereocenters. The number of esters is 1. The zero-order valence-electron chi connectivity index (χ0n) is 10.4. The number of hydrogen-bond acceptors (Lipinski definition) is 4. The van der Waals surface area contributed by atoms with Gasteiger partial charge in [0, 0.05) is 0 Å². The summed E-state index contributed by atoms with van der Waals surface area (Å²) < 4.78 is 43.1. The average molecular weight is 285 g/mol. The van der Waals surface area contributed by atoms with Crippen molar-refractivity contribution in [1.29, 1.82) is 0 Å². The van der Waals surface area contributed by atoms with E-state index in [4.69, 9.17) is 0 Å². The van der Waals surface area contributed by atoms with Crippen molar-refractivity contribution in [2.45, 2.75) is 13.1 Å². The van der Waals surface area contributed by atoms with Crippen LogP contribution >= 0.6 is 0 Å².